The summed E-state index contributed by atoms with van der Waals surface area (Å²) in [5, 5.41) is 2.63. The van der Waals surface area contributed by atoms with Gasteiger partial charge in [0.15, 0.2) is 11.4 Å². The van der Waals surface area contributed by atoms with Crippen molar-refractivity contribution in [2.45, 2.75) is 51.4 Å². The number of hydrogen-bond donors (Lipinski definition) is 1. The third-order valence-corrected chi connectivity index (χ3v) is 5.12. The minimum atomic E-state index is -0.950. The number of nitrogens with zero attached hydrogens (tertiary/aromatic N) is 1. The maximum Gasteiger partial charge on any atom is 0.329 e. The van der Waals surface area contributed by atoms with Crippen LogP contribution in [0.2, 0.25) is 0 Å². The Balaban J connectivity index is 1.71. The first-order valence-electron chi connectivity index (χ1n) is 10.8. The second-order valence-electron chi connectivity index (χ2n) is 7.77. The Morgan fingerprint density at radius 3 is 2.67 bits per heavy atom. The number of carbonyl (C=O) groups excluding carboxylic acids is 3. The molecule has 3 rings (SSSR count). The Morgan fingerprint density at radius 2 is 1.97 bits per heavy atom. The van der Waals surface area contributed by atoms with E-state index in [0.717, 1.165) is 5.56 Å². The standard InChI is InChI=1S/C24H28N2O7/c1-15-13-18(14-17-7-5-4-6-8-17)31-12-10-19(24(29)32-15)26-23(28)21-22(33-16(2)27)20(30-3)9-11-25-21/h4-9,11,15,18-19H,10,12-14H2,1-3H3,(H,26,28)/t15-,18-,19-/m0/s1. The molecule has 0 unspecified atom stereocenters. The van der Waals surface area contributed by atoms with Gasteiger partial charge in [-0.1, -0.05) is 30.3 Å². The van der Waals surface area contributed by atoms with Gasteiger partial charge in [0.1, 0.15) is 12.1 Å². The number of methoxy groups -OCH3 is 1. The molecule has 1 aromatic carbocycles. The van der Waals surface area contributed by atoms with Gasteiger partial charge in [0, 0.05) is 38.6 Å². The van der Waals surface area contributed by atoms with Crippen molar-refractivity contribution in [1.82, 2.24) is 10.3 Å². The van der Waals surface area contributed by atoms with Crippen LogP contribution >= 0.6 is 0 Å². The third-order valence-electron chi connectivity index (χ3n) is 5.12. The van der Waals surface area contributed by atoms with Crippen molar-refractivity contribution >= 4 is 17.8 Å². The molecule has 0 aliphatic carbocycles. The highest BCUT2D eigenvalue weighted by molar-refractivity contribution is 5.98. The summed E-state index contributed by atoms with van der Waals surface area (Å²) in [6.45, 7) is 3.26. The Bertz CT molecular complexity index is 980. The van der Waals surface area contributed by atoms with Gasteiger partial charge in [-0.05, 0) is 18.9 Å². The largest absolute Gasteiger partial charge is 0.493 e. The molecular formula is C24H28N2O7. The molecule has 0 saturated carbocycles. The lowest BCUT2D eigenvalue weighted by Crippen LogP contribution is -2.43. The summed E-state index contributed by atoms with van der Waals surface area (Å²) in [6.07, 6.45) is 2.28. The van der Waals surface area contributed by atoms with Gasteiger partial charge in [-0.25, -0.2) is 9.78 Å². The number of nitrogens with one attached hydrogen (secondary N) is 1. The summed E-state index contributed by atoms with van der Waals surface area (Å²) >= 11 is 0. The topological polar surface area (TPSA) is 113 Å². The molecule has 0 bridgehead atoms. The summed E-state index contributed by atoms with van der Waals surface area (Å²) in [7, 11) is 1.38. The SMILES string of the molecule is COc1ccnc(C(=O)N[C@H]2CCO[C@H](Cc3ccccc3)C[C@H](C)OC2=O)c1OC(C)=O. The molecule has 0 radical (unpaired) electrons. The van der Waals surface area contributed by atoms with Crippen molar-refractivity contribution in [1.29, 1.82) is 0 Å². The van der Waals surface area contributed by atoms with Crippen molar-refractivity contribution < 1.29 is 33.3 Å². The monoisotopic (exact) mass is 456 g/mol. The molecule has 0 spiro atoms. The highest BCUT2D eigenvalue weighted by atomic mass is 16.6. The van der Waals surface area contributed by atoms with Crippen LogP contribution in [0.3, 0.4) is 0 Å². The van der Waals surface area contributed by atoms with E-state index in [0.29, 0.717) is 12.8 Å². The fourth-order valence-electron chi connectivity index (χ4n) is 3.61. The van der Waals surface area contributed by atoms with E-state index in [1.807, 2.05) is 30.3 Å². The number of rotatable bonds is 6. The predicted molar refractivity (Wildman–Crippen MR) is 118 cm³/mol. The number of pyridine rings is 1. The lowest BCUT2D eigenvalue weighted by molar-refractivity contribution is -0.151. The second kappa shape index (κ2) is 11.4. The smallest absolute Gasteiger partial charge is 0.329 e. The number of amides is 1. The number of benzene rings is 1. The van der Waals surface area contributed by atoms with E-state index in [1.165, 1.54) is 26.3 Å². The average Bonchev–Trinajstić information content (AvgIpc) is 2.83. The normalized spacial score (nSPS) is 21.1. The summed E-state index contributed by atoms with van der Waals surface area (Å²) in [5.41, 5.74) is 0.959. The van der Waals surface area contributed by atoms with E-state index in [2.05, 4.69) is 10.3 Å². The van der Waals surface area contributed by atoms with E-state index in [-0.39, 0.29) is 36.3 Å². The molecule has 3 atom stereocenters. The molecule has 1 aromatic heterocycles. The Morgan fingerprint density at radius 1 is 1.21 bits per heavy atom. The number of esters is 2. The summed E-state index contributed by atoms with van der Waals surface area (Å²) < 4.78 is 21.9. The molecule has 1 N–H and O–H groups in total. The zero-order valence-electron chi connectivity index (χ0n) is 18.9. The van der Waals surface area contributed by atoms with Crippen molar-refractivity contribution in [2.24, 2.45) is 0 Å². The molecule has 9 heteroatoms. The van der Waals surface area contributed by atoms with E-state index >= 15 is 0 Å². The number of hydrogen-bond acceptors (Lipinski definition) is 8. The minimum absolute atomic E-state index is 0.117. The van der Waals surface area contributed by atoms with Gasteiger partial charge in [-0.3, -0.25) is 9.59 Å². The Labute approximate surface area is 192 Å². The highest BCUT2D eigenvalue weighted by Gasteiger charge is 2.30. The molecule has 1 amide bonds. The van der Waals surface area contributed by atoms with Crippen LogP contribution in [-0.2, 0) is 25.5 Å². The van der Waals surface area contributed by atoms with Crippen LogP contribution in [0.25, 0.3) is 0 Å². The van der Waals surface area contributed by atoms with E-state index in [4.69, 9.17) is 18.9 Å². The van der Waals surface area contributed by atoms with Crippen molar-refractivity contribution in [3.05, 3.63) is 53.9 Å². The maximum atomic E-state index is 12.9. The van der Waals surface area contributed by atoms with Gasteiger partial charge in [-0.2, -0.15) is 0 Å². The van der Waals surface area contributed by atoms with Crippen LogP contribution < -0.4 is 14.8 Å². The molecule has 2 heterocycles. The van der Waals surface area contributed by atoms with Gasteiger partial charge in [0.05, 0.1) is 13.2 Å². The number of carbonyl (C=O) groups is 3. The number of aromatic nitrogens is 1. The third kappa shape index (κ3) is 6.76. The summed E-state index contributed by atoms with van der Waals surface area (Å²) in [6, 6.07) is 10.5. The van der Waals surface area contributed by atoms with Crippen molar-refractivity contribution in [3.63, 3.8) is 0 Å². The van der Waals surface area contributed by atoms with Crippen LogP contribution in [0.5, 0.6) is 11.5 Å². The minimum Gasteiger partial charge on any atom is -0.493 e. The van der Waals surface area contributed by atoms with E-state index < -0.39 is 30.0 Å². The Hall–Kier alpha value is -3.46. The second-order valence-corrected chi connectivity index (χ2v) is 7.77. The Kier molecular flexibility index (Phi) is 8.37. The average molecular weight is 456 g/mol. The molecule has 9 nitrogen and oxygen atoms in total. The molecule has 1 aliphatic rings. The molecule has 1 fully saturated rings. The zero-order chi connectivity index (χ0) is 23.8. The first-order chi connectivity index (χ1) is 15.9. The van der Waals surface area contributed by atoms with Crippen LogP contribution in [0, 0.1) is 0 Å². The quantitative estimate of drug-likeness (QED) is 0.660. The number of ether oxygens (including phenoxy) is 4. The van der Waals surface area contributed by atoms with E-state index in [9.17, 15) is 14.4 Å². The summed E-state index contributed by atoms with van der Waals surface area (Å²) in [4.78, 5) is 41.2. The lowest BCUT2D eigenvalue weighted by Gasteiger charge is -2.20. The number of cyclic esters (lactones) is 1. The van der Waals surface area contributed by atoms with Crippen LogP contribution in [0.1, 0.15) is 42.7 Å². The molecule has 1 aliphatic heterocycles. The fraction of sp³-hybridized carbons (Fsp3) is 0.417. The van der Waals surface area contributed by atoms with Gasteiger partial charge >= 0.3 is 11.9 Å². The van der Waals surface area contributed by atoms with Crippen molar-refractivity contribution in [3.8, 4) is 11.5 Å². The first kappa shape index (κ1) is 24.2. The molecule has 2 aromatic rings. The molecular weight excluding hydrogens is 428 g/mol. The van der Waals surface area contributed by atoms with Gasteiger partial charge < -0.3 is 24.3 Å². The highest BCUT2D eigenvalue weighted by Crippen LogP contribution is 2.29. The van der Waals surface area contributed by atoms with Gasteiger partial charge in [0.25, 0.3) is 5.91 Å². The van der Waals surface area contributed by atoms with Gasteiger partial charge in [0.2, 0.25) is 5.75 Å². The lowest BCUT2D eigenvalue weighted by atomic mass is 10.0. The molecule has 1 saturated heterocycles. The van der Waals surface area contributed by atoms with E-state index in [1.54, 1.807) is 6.92 Å². The predicted octanol–water partition coefficient (Wildman–Crippen LogP) is 2.47. The first-order valence-corrected chi connectivity index (χ1v) is 10.8. The van der Waals surface area contributed by atoms with Crippen LogP contribution in [0.15, 0.2) is 42.6 Å². The molecule has 176 valence electrons. The van der Waals surface area contributed by atoms with Crippen LogP contribution in [0.4, 0.5) is 0 Å². The fourth-order valence-corrected chi connectivity index (χ4v) is 3.61. The van der Waals surface area contributed by atoms with Gasteiger partial charge in [-0.15, -0.1) is 0 Å². The molecule has 33 heavy (non-hydrogen) atoms. The maximum absolute atomic E-state index is 12.9. The van der Waals surface area contributed by atoms with Crippen LogP contribution in [-0.4, -0.2) is 54.8 Å². The zero-order valence-corrected chi connectivity index (χ0v) is 18.9. The van der Waals surface area contributed by atoms with Crippen molar-refractivity contribution in [2.75, 3.05) is 13.7 Å². The summed E-state index contributed by atoms with van der Waals surface area (Å²) in [5.74, 6) is -1.84.